The van der Waals surface area contributed by atoms with Gasteiger partial charge in [0.25, 0.3) is 0 Å². The first-order chi connectivity index (χ1) is 8.43. The molecule has 110 valence electrons. The monoisotopic (exact) mass is 256 g/mol. The van der Waals surface area contributed by atoms with Crippen LogP contribution in [-0.2, 0) is 0 Å². The smallest absolute Gasteiger partial charge is 0.00387 e. The van der Waals surface area contributed by atoms with E-state index >= 15 is 0 Å². The maximum atomic E-state index is 3.51. The van der Waals surface area contributed by atoms with Crippen LogP contribution in [0.15, 0.2) is 0 Å². The highest BCUT2D eigenvalue weighted by molar-refractivity contribution is 4.65. The van der Waals surface area contributed by atoms with Gasteiger partial charge in [-0.3, -0.25) is 0 Å². The van der Waals surface area contributed by atoms with Gasteiger partial charge < -0.3 is 10.2 Å². The zero-order chi connectivity index (χ0) is 14.0. The first-order valence-corrected chi connectivity index (χ1v) is 7.88. The molecule has 0 aliphatic carbocycles. The van der Waals surface area contributed by atoms with Crippen LogP contribution >= 0.6 is 0 Å². The lowest BCUT2D eigenvalue weighted by atomic mass is 10.1. The highest BCUT2D eigenvalue weighted by Gasteiger charge is 2.10. The van der Waals surface area contributed by atoms with E-state index in [9.17, 15) is 0 Å². The van der Waals surface area contributed by atoms with Crippen LogP contribution in [0.5, 0.6) is 0 Å². The van der Waals surface area contributed by atoms with Crippen molar-refractivity contribution in [2.45, 2.75) is 66.8 Å². The molecule has 18 heavy (non-hydrogen) atoms. The summed E-state index contributed by atoms with van der Waals surface area (Å²) in [6, 6.07) is 0.687. The largest absolute Gasteiger partial charge is 0.316 e. The van der Waals surface area contributed by atoms with E-state index in [0.29, 0.717) is 6.04 Å². The van der Waals surface area contributed by atoms with Gasteiger partial charge in [-0.2, -0.15) is 0 Å². The van der Waals surface area contributed by atoms with Gasteiger partial charge >= 0.3 is 0 Å². The van der Waals surface area contributed by atoms with Gasteiger partial charge in [0.05, 0.1) is 0 Å². The maximum Gasteiger partial charge on any atom is 0.00387 e. The van der Waals surface area contributed by atoms with Crippen LogP contribution in [0.3, 0.4) is 0 Å². The van der Waals surface area contributed by atoms with E-state index < -0.39 is 0 Å². The number of rotatable bonds is 11. The molecular weight excluding hydrogens is 220 g/mol. The molecule has 0 saturated carbocycles. The zero-order valence-corrected chi connectivity index (χ0v) is 13.6. The Kier molecular flexibility index (Phi) is 10.8. The van der Waals surface area contributed by atoms with Crippen molar-refractivity contribution in [1.82, 2.24) is 10.2 Å². The van der Waals surface area contributed by atoms with Crippen LogP contribution < -0.4 is 5.32 Å². The highest BCUT2D eigenvalue weighted by Crippen LogP contribution is 2.07. The summed E-state index contributed by atoms with van der Waals surface area (Å²) in [5, 5.41) is 3.51. The van der Waals surface area contributed by atoms with Gasteiger partial charge in [0.2, 0.25) is 0 Å². The molecule has 1 N–H and O–H groups in total. The normalized spacial score (nSPS) is 12.3. The van der Waals surface area contributed by atoms with Crippen molar-refractivity contribution in [3.05, 3.63) is 0 Å². The summed E-state index contributed by atoms with van der Waals surface area (Å²) in [5.74, 6) is 1.55. The molecule has 0 aliphatic heterocycles. The molecule has 0 bridgehead atoms. The standard InChI is InChI=1S/C16H36N2/c1-14(2)12-17-10-8-7-9-11-18(16(5)6)13-15(3)4/h14-17H,7-13H2,1-6H3. The van der Waals surface area contributed by atoms with Gasteiger partial charge in [0.1, 0.15) is 0 Å². The van der Waals surface area contributed by atoms with Crippen molar-refractivity contribution < 1.29 is 0 Å². The molecule has 0 aromatic rings. The third-order valence-corrected chi connectivity index (χ3v) is 3.18. The van der Waals surface area contributed by atoms with Gasteiger partial charge in [-0.25, -0.2) is 0 Å². The second kappa shape index (κ2) is 10.8. The molecule has 0 fully saturated rings. The molecule has 0 aliphatic rings. The van der Waals surface area contributed by atoms with Gasteiger partial charge in [0, 0.05) is 12.6 Å². The molecule has 2 heteroatoms. The molecule has 0 heterocycles. The van der Waals surface area contributed by atoms with Gasteiger partial charge in [-0.05, 0) is 58.2 Å². The van der Waals surface area contributed by atoms with Crippen molar-refractivity contribution in [3.8, 4) is 0 Å². The number of hydrogen-bond acceptors (Lipinski definition) is 2. The fourth-order valence-corrected chi connectivity index (χ4v) is 2.16. The highest BCUT2D eigenvalue weighted by atomic mass is 15.1. The SMILES string of the molecule is CC(C)CNCCCCCN(CC(C)C)C(C)C. The lowest BCUT2D eigenvalue weighted by Crippen LogP contribution is -2.35. The number of nitrogens with one attached hydrogen (secondary N) is 1. The van der Waals surface area contributed by atoms with E-state index in [1.54, 1.807) is 0 Å². The summed E-state index contributed by atoms with van der Waals surface area (Å²) in [4.78, 5) is 2.62. The molecule has 2 nitrogen and oxygen atoms in total. The Balaban J connectivity index is 3.49. The van der Waals surface area contributed by atoms with Crippen LogP contribution in [0.25, 0.3) is 0 Å². The average Bonchev–Trinajstić information content (AvgIpc) is 2.25. The quantitative estimate of drug-likeness (QED) is 0.566. The Bertz CT molecular complexity index is 176. The average molecular weight is 256 g/mol. The van der Waals surface area contributed by atoms with E-state index in [1.807, 2.05) is 0 Å². The van der Waals surface area contributed by atoms with E-state index in [2.05, 4.69) is 51.8 Å². The van der Waals surface area contributed by atoms with Crippen LogP contribution in [0.2, 0.25) is 0 Å². The Labute approximate surface area is 116 Å². The summed E-state index contributed by atoms with van der Waals surface area (Å²) in [6.45, 7) is 18.6. The first kappa shape index (κ1) is 17.9. The molecule has 0 amide bonds. The third kappa shape index (κ3) is 11.0. The Hall–Kier alpha value is -0.0800. The molecular formula is C16H36N2. The number of nitrogens with zero attached hydrogens (tertiary/aromatic N) is 1. The predicted octanol–water partition coefficient (Wildman–Crippen LogP) is 3.77. The second-order valence-corrected chi connectivity index (χ2v) is 6.64. The van der Waals surface area contributed by atoms with Crippen molar-refractivity contribution in [1.29, 1.82) is 0 Å². The maximum absolute atomic E-state index is 3.51. The van der Waals surface area contributed by atoms with Crippen molar-refractivity contribution in [2.75, 3.05) is 26.2 Å². The van der Waals surface area contributed by atoms with E-state index in [-0.39, 0.29) is 0 Å². The van der Waals surface area contributed by atoms with Crippen LogP contribution in [0.1, 0.15) is 60.8 Å². The number of unbranched alkanes of at least 4 members (excludes halogenated alkanes) is 2. The van der Waals surface area contributed by atoms with E-state index in [0.717, 1.165) is 18.4 Å². The zero-order valence-electron chi connectivity index (χ0n) is 13.6. The molecule has 0 spiro atoms. The Morgan fingerprint density at radius 2 is 1.50 bits per heavy atom. The van der Waals surface area contributed by atoms with Gasteiger partial charge in [0.15, 0.2) is 0 Å². The van der Waals surface area contributed by atoms with Crippen LogP contribution in [0.4, 0.5) is 0 Å². The summed E-state index contributed by atoms with van der Waals surface area (Å²) >= 11 is 0. The summed E-state index contributed by atoms with van der Waals surface area (Å²) < 4.78 is 0. The first-order valence-electron chi connectivity index (χ1n) is 7.88. The molecule has 0 unspecified atom stereocenters. The second-order valence-electron chi connectivity index (χ2n) is 6.64. The summed E-state index contributed by atoms with van der Waals surface area (Å²) in [6.07, 6.45) is 4.01. The summed E-state index contributed by atoms with van der Waals surface area (Å²) in [5.41, 5.74) is 0. The molecule has 0 aromatic heterocycles. The lowest BCUT2D eigenvalue weighted by molar-refractivity contribution is 0.193. The fraction of sp³-hybridized carbons (Fsp3) is 1.00. The Morgan fingerprint density at radius 1 is 0.833 bits per heavy atom. The van der Waals surface area contributed by atoms with Crippen molar-refractivity contribution in [2.24, 2.45) is 11.8 Å². The van der Waals surface area contributed by atoms with Crippen molar-refractivity contribution >= 4 is 0 Å². The van der Waals surface area contributed by atoms with E-state index in [4.69, 9.17) is 0 Å². The van der Waals surface area contributed by atoms with Crippen molar-refractivity contribution in [3.63, 3.8) is 0 Å². The Morgan fingerprint density at radius 3 is 2.00 bits per heavy atom. The van der Waals surface area contributed by atoms with Crippen LogP contribution in [0, 0.1) is 11.8 Å². The molecule has 0 rings (SSSR count). The molecule has 0 radical (unpaired) electrons. The minimum absolute atomic E-state index is 0.687. The number of hydrogen-bond donors (Lipinski definition) is 1. The van der Waals surface area contributed by atoms with Crippen LogP contribution in [-0.4, -0.2) is 37.1 Å². The third-order valence-electron chi connectivity index (χ3n) is 3.18. The van der Waals surface area contributed by atoms with Gasteiger partial charge in [-0.15, -0.1) is 0 Å². The molecule has 0 atom stereocenters. The minimum atomic E-state index is 0.687. The van der Waals surface area contributed by atoms with Gasteiger partial charge in [-0.1, -0.05) is 34.1 Å². The lowest BCUT2D eigenvalue weighted by Gasteiger charge is -2.28. The topological polar surface area (TPSA) is 15.3 Å². The van der Waals surface area contributed by atoms with E-state index in [1.165, 1.54) is 38.9 Å². The summed E-state index contributed by atoms with van der Waals surface area (Å²) in [7, 11) is 0. The molecule has 0 aromatic carbocycles. The predicted molar refractivity (Wildman–Crippen MR) is 83.1 cm³/mol. The fourth-order valence-electron chi connectivity index (χ4n) is 2.16. The minimum Gasteiger partial charge on any atom is -0.316 e. The molecule has 0 saturated heterocycles.